The zero-order valence-corrected chi connectivity index (χ0v) is 22.7. The minimum Gasteiger partial charge on any atom is -0.449 e. The molecule has 1 amide bonds. The fourth-order valence-electron chi connectivity index (χ4n) is 5.72. The molecule has 39 heavy (non-hydrogen) atoms. The van der Waals surface area contributed by atoms with E-state index in [-0.39, 0.29) is 23.4 Å². The molecule has 0 aliphatic carbocycles. The number of ether oxygens (including phenoxy) is 1. The molecule has 0 spiro atoms. The number of carbonyl (C=O) groups excluding carboxylic acids is 1. The molecule has 0 radical (unpaired) electrons. The number of carbonyl (C=O) groups is 1. The Morgan fingerprint density at radius 3 is 2.90 bits per heavy atom. The van der Waals surface area contributed by atoms with Gasteiger partial charge in [0.1, 0.15) is 5.82 Å². The smallest absolute Gasteiger partial charge is 0.409 e. The fraction of sp³-hybridized carbons (Fsp3) is 0.607. The van der Waals surface area contributed by atoms with Gasteiger partial charge in [-0.2, -0.15) is 4.98 Å². The van der Waals surface area contributed by atoms with E-state index < -0.39 is 6.43 Å². The lowest BCUT2D eigenvalue weighted by Gasteiger charge is -2.39. The molecule has 1 aromatic heterocycles. The number of hydrogen-bond acceptors (Lipinski definition) is 8. The van der Waals surface area contributed by atoms with Gasteiger partial charge in [0, 0.05) is 62.9 Å². The fourth-order valence-corrected chi connectivity index (χ4v) is 5.72. The number of anilines is 4. The van der Waals surface area contributed by atoms with E-state index in [4.69, 9.17) is 4.74 Å². The van der Waals surface area contributed by atoms with Crippen LogP contribution in [0.2, 0.25) is 0 Å². The van der Waals surface area contributed by atoms with Gasteiger partial charge in [0.05, 0.1) is 12.2 Å². The summed E-state index contributed by atoms with van der Waals surface area (Å²) >= 11 is 0. The summed E-state index contributed by atoms with van der Waals surface area (Å²) in [6.07, 6.45) is 3.87. The Morgan fingerprint density at radius 1 is 1.15 bits per heavy atom. The molecule has 3 saturated heterocycles. The Balaban J connectivity index is 1.23. The molecule has 2 aromatic rings. The Kier molecular flexibility index (Phi) is 8.95. The maximum absolute atomic E-state index is 13.7. The van der Waals surface area contributed by atoms with Crippen LogP contribution in [-0.2, 0) is 11.2 Å². The van der Waals surface area contributed by atoms with E-state index >= 15 is 0 Å². The van der Waals surface area contributed by atoms with Crippen molar-refractivity contribution in [2.45, 2.75) is 57.9 Å². The number of alkyl halides is 2. The number of fused-ring (bicyclic) bond motifs is 1. The first-order valence-electron chi connectivity index (χ1n) is 14.2. The minimum atomic E-state index is -2.70. The number of amides is 1. The van der Waals surface area contributed by atoms with Gasteiger partial charge >= 0.3 is 6.09 Å². The van der Waals surface area contributed by atoms with E-state index in [0.717, 1.165) is 50.1 Å². The van der Waals surface area contributed by atoms with E-state index in [9.17, 15) is 13.6 Å². The molecule has 0 saturated carbocycles. The molecular formula is C28H39F2N7O2. The van der Waals surface area contributed by atoms with Gasteiger partial charge in [0.15, 0.2) is 0 Å². The van der Waals surface area contributed by atoms with Crippen LogP contribution in [0, 0.1) is 0 Å². The maximum Gasteiger partial charge on any atom is 0.409 e. The Labute approximate surface area is 228 Å². The summed E-state index contributed by atoms with van der Waals surface area (Å²) in [5.41, 5.74) is 2.97. The molecular weight excluding hydrogens is 504 g/mol. The van der Waals surface area contributed by atoms with Crippen LogP contribution in [0.4, 0.5) is 36.7 Å². The van der Waals surface area contributed by atoms with Crippen LogP contribution in [0.3, 0.4) is 0 Å². The third-order valence-electron chi connectivity index (χ3n) is 7.92. The van der Waals surface area contributed by atoms with E-state index in [2.05, 4.69) is 49.5 Å². The van der Waals surface area contributed by atoms with Gasteiger partial charge in [0.2, 0.25) is 5.95 Å². The zero-order valence-electron chi connectivity index (χ0n) is 22.7. The van der Waals surface area contributed by atoms with Crippen molar-refractivity contribution < 1.29 is 18.3 Å². The zero-order chi connectivity index (χ0) is 27.2. The van der Waals surface area contributed by atoms with Gasteiger partial charge in [-0.3, -0.25) is 4.90 Å². The van der Waals surface area contributed by atoms with Crippen LogP contribution < -0.4 is 15.5 Å². The second-order valence-electron chi connectivity index (χ2n) is 10.5. The van der Waals surface area contributed by atoms with E-state index in [0.29, 0.717) is 38.7 Å². The van der Waals surface area contributed by atoms with Gasteiger partial charge in [0.25, 0.3) is 6.43 Å². The predicted molar refractivity (Wildman–Crippen MR) is 148 cm³/mol. The number of piperazine rings is 1. The van der Waals surface area contributed by atoms with Crippen LogP contribution >= 0.6 is 0 Å². The van der Waals surface area contributed by atoms with Crippen molar-refractivity contribution in [1.29, 1.82) is 0 Å². The van der Waals surface area contributed by atoms with Crippen molar-refractivity contribution in [2.24, 2.45) is 0 Å². The van der Waals surface area contributed by atoms with Crippen molar-refractivity contribution >= 4 is 29.2 Å². The number of rotatable bonds is 10. The SMILES string of the molecule is CCc1cc(N2CCN3CCC[C@H]3C2)ccc1Nc1ncc(C(F)F)c(NCCCN2CCCCOC2=O)n1. The highest BCUT2D eigenvalue weighted by Crippen LogP contribution is 2.31. The van der Waals surface area contributed by atoms with Crippen LogP contribution in [0.1, 0.15) is 56.6 Å². The van der Waals surface area contributed by atoms with Crippen molar-refractivity contribution in [3.05, 3.63) is 35.5 Å². The summed E-state index contributed by atoms with van der Waals surface area (Å²) < 4.78 is 32.5. The summed E-state index contributed by atoms with van der Waals surface area (Å²) in [5, 5.41) is 6.28. The standard InChI is InChI=1S/C28H39F2N7O2/c1-2-20-17-21(37-15-14-35-12-5-7-22(35)19-37)8-9-24(20)33-27-32-18-23(25(29)30)26(34-27)31-10-6-13-36-11-3-4-16-39-28(36)38/h8-9,17-18,22,25H,2-7,10-16,19H2,1H3,(H2,31,32,33,34)/t22-/m0/s1. The Morgan fingerprint density at radius 2 is 2.05 bits per heavy atom. The molecule has 11 heteroatoms. The Bertz CT molecular complexity index is 1140. The van der Waals surface area contributed by atoms with Crippen molar-refractivity contribution in [1.82, 2.24) is 19.8 Å². The molecule has 2 N–H and O–H groups in total. The molecule has 1 atom stereocenters. The molecule has 5 rings (SSSR count). The van der Waals surface area contributed by atoms with Gasteiger partial charge in [-0.25, -0.2) is 18.6 Å². The largest absolute Gasteiger partial charge is 0.449 e. The predicted octanol–water partition coefficient (Wildman–Crippen LogP) is 5.04. The normalized spacial score (nSPS) is 20.1. The number of benzene rings is 1. The summed E-state index contributed by atoms with van der Waals surface area (Å²) in [6.45, 7) is 8.50. The lowest BCUT2D eigenvalue weighted by Crippen LogP contribution is -2.50. The monoisotopic (exact) mass is 543 g/mol. The van der Waals surface area contributed by atoms with Gasteiger partial charge < -0.3 is 25.2 Å². The molecule has 1 aromatic carbocycles. The number of hydrogen-bond donors (Lipinski definition) is 2. The summed E-state index contributed by atoms with van der Waals surface area (Å²) in [7, 11) is 0. The molecule has 3 aliphatic heterocycles. The van der Waals surface area contributed by atoms with Crippen LogP contribution in [0.25, 0.3) is 0 Å². The average molecular weight is 544 g/mol. The molecule has 4 heterocycles. The highest BCUT2D eigenvalue weighted by Gasteiger charge is 2.30. The number of nitrogens with zero attached hydrogens (tertiary/aromatic N) is 5. The third-order valence-corrected chi connectivity index (χ3v) is 7.92. The highest BCUT2D eigenvalue weighted by atomic mass is 19.3. The van der Waals surface area contributed by atoms with Crippen molar-refractivity contribution in [2.75, 3.05) is 68.0 Å². The molecule has 3 aliphatic rings. The molecule has 9 nitrogen and oxygen atoms in total. The lowest BCUT2D eigenvalue weighted by molar-refractivity contribution is 0.116. The van der Waals surface area contributed by atoms with Gasteiger partial charge in [-0.1, -0.05) is 6.92 Å². The summed E-state index contributed by atoms with van der Waals surface area (Å²) in [6, 6.07) is 7.01. The first-order chi connectivity index (χ1) is 19.0. The number of nitrogens with one attached hydrogen (secondary N) is 2. The van der Waals surface area contributed by atoms with E-state index in [1.54, 1.807) is 4.90 Å². The summed E-state index contributed by atoms with van der Waals surface area (Å²) in [5.74, 6) is 0.366. The quantitative estimate of drug-likeness (QED) is 0.403. The maximum atomic E-state index is 13.7. The first kappa shape index (κ1) is 27.4. The highest BCUT2D eigenvalue weighted by molar-refractivity contribution is 5.68. The molecule has 0 unspecified atom stereocenters. The summed E-state index contributed by atoms with van der Waals surface area (Å²) in [4.78, 5) is 27.3. The second kappa shape index (κ2) is 12.8. The second-order valence-corrected chi connectivity index (χ2v) is 10.5. The first-order valence-corrected chi connectivity index (χ1v) is 14.2. The van der Waals surface area contributed by atoms with E-state index in [1.165, 1.54) is 31.3 Å². The molecule has 3 fully saturated rings. The van der Waals surface area contributed by atoms with Gasteiger partial charge in [-0.05, 0) is 68.8 Å². The van der Waals surface area contributed by atoms with Crippen molar-refractivity contribution in [3.63, 3.8) is 0 Å². The van der Waals surface area contributed by atoms with Crippen LogP contribution in [0.5, 0.6) is 0 Å². The van der Waals surface area contributed by atoms with Gasteiger partial charge in [-0.15, -0.1) is 0 Å². The number of aryl methyl sites for hydroxylation is 1. The number of aromatic nitrogens is 2. The van der Waals surface area contributed by atoms with Crippen molar-refractivity contribution in [3.8, 4) is 0 Å². The number of cyclic esters (lactones) is 1. The third kappa shape index (κ3) is 6.69. The molecule has 212 valence electrons. The molecule has 0 bridgehead atoms. The van der Waals surface area contributed by atoms with E-state index in [1.807, 2.05) is 6.07 Å². The van der Waals surface area contributed by atoms with Crippen LogP contribution in [-0.4, -0.2) is 84.3 Å². The number of halogens is 2. The Hall–Kier alpha value is -3.21. The minimum absolute atomic E-state index is 0.102. The lowest BCUT2D eigenvalue weighted by atomic mass is 10.1. The topological polar surface area (TPSA) is 85.9 Å². The van der Waals surface area contributed by atoms with Crippen LogP contribution in [0.15, 0.2) is 24.4 Å². The average Bonchev–Trinajstić information content (AvgIpc) is 3.32.